The van der Waals surface area contributed by atoms with Crippen LogP contribution >= 0.6 is 0 Å². The maximum Gasteiger partial charge on any atom is 0.0852 e. The van der Waals surface area contributed by atoms with Gasteiger partial charge in [-0.1, -0.05) is 6.92 Å². The molecule has 0 aromatic rings. The summed E-state index contributed by atoms with van der Waals surface area (Å²) in [5, 5.41) is 19.5. The van der Waals surface area contributed by atoms with Gasteiger partial charge in [-0.05, 0) is 39.7 Å². The largest absolute Gasteiger partial charge is 0.388 e. The van der Waals surface area contributed by atoms with E-state index < -0.39 is 11.0 Å². The van der Waals surface area contributed by atoms with Crippen LogP contribution in [0.4, 0.5) is 0 Å². The van der Waals surface area contributed by atoms with E-state index in [0.29, 0.717) is 12.8 Å². The molecule has 1 saturated heterocycles. The molecule has 0 atom stereocenters. The average Bonchev–Trinajstić information content (AvgIpc) is 2.22. The van der Waals surface area contributed by atoms with Gasteiger partial charge < -0.3 is 10.0 Å². The van der Waals surface area contributed by atoms with Crippen LogP contribution in [0.2, 0.25) is 0 Å². The lowest BCUT2D eigenvalue weighted by Gasteiger charge is -2.44. The van der Waals surface area contributed by atoms with Crippen LogP contribution in [0.25, 0.3) is 0 Å². The van der Waals surface area contributed by atoms with Crippen molar-refractivity contribution in [3.05, 3.63) is 0 Å². The Morgan fingerprint density at radius 2 is 1.93 bits per heavy atom. The number of nitrogens with zero attached hydrogens (tertiary/aromatic N) is 2. The van der Waals surface area contributed by atoms with E-state index in [2.05, 4.69) is 17.9 Å². The van der Waals surface area contributed by atoms with Crippen LogP contribution in [0.5, 0.6) is 0 Å². The van der Waals surface area contributed by atoms with Gasteiger partial charge in [-0.15, -0.1) is 0 Å². The second-order valence-corrected chi connectivity index (χ2v) is 5.11. The predicted molar refractivity (Wildman–Crippen MR) is 60.3 cm³/mol. The SMILES string of the molecule is CCCN1CCC(O)(C(C)(C)C#N)CC1. The summed E-state index contributed by atoms with van der Waals surface area (Å²) in [4.78, 5) is 2.36. The van der Waals surface area contributed by atoms with Crippen LogP contribution in [-0.2, 0) is 0 Å². The van der Waals surface area contributed by atoms with Crippen LogP contribution in [-0.4, -0.2) is 35.2 Å². The Bertz CT molecular complexity index is 247. The van der Waals surface area contributed by atoms with Crippen LogP contribution in [0, 0.1) is 16.7 Å². The molecule has 3 nitrogen and oxygen atoms in total. The number of hydrogen-bond acceptors (Lipinski definition) is 3. The van der Waals surface area contributed by atoms with Crippen molar-refractivity contribution in [3.8, 4) is 6.07 Å². The zero-order valence-electron chi connectivity index (χ0n) is 10.1. The van der Waals surface area contributed by atoms with Gasteiger partial charge in [-0.3, -0.25) is 0 Å². The lowest BCUT2D eigenvalue weighted by atomic mass is 9.70. The summed E-state index contributed by atoms with van der Waals surface area (Å²) in [5.41, 5.74) is -1.43. The lowest BCUT2D eigenvalue weighted by Crippen LogP contribution is -2.52. The van der Waals surface area contributed by atoms with E-state index in [0.717, 1.165) is 26.1 Å². The third-order valence-electron chi connectivity index (χ3n) is 3.67. The topological polar surface area (TPSA) is 47.3 Å². The van der Waals surface area contributed by atoms with E-state index in [1.54, 1.807) is 0 Å². The highest BCUT2D eigenvalue weighted by atomic mass is 16.3. The van der Waals surface area contributed by atoms with Gasteiger partial charge >= 0.3 is 0 Å². The first kappa shape index (κ1) is 12.5. The quantitative estimate of drug-likeness (QED) is 0.772. The lowest BCUT2D eigenvalue weighted by molar-refractivity contribution is -0.0833. The Kier molecular flexibility index (Phi) is 3.75. The molecular formula is C12H22N2O. The van der Waals surface area contributed by atoms with E-state index >= 15 is 0 Å². The summed E-state index contributed by atoms with van der Waals surface area (Å²) >= 11 is 0. The Labute approximate surface area is 92.7 Å². The number of aliphatic hydroxyl groups is 1. The zero-order chi connectivity index (χ0) is 11.5. The molecule has 1 aliphatic heterocycles. The summed E-state index contributed by atoms with van der Waals surface area (Å²) < 4.78 is 0. The highest BCUT2D eigenvalue weighted by molar-refractivity contribution is 5.08. The Balaban J connectivity index is 2.59. The molecule has 1 aliphatic rings. The normalized spacial score (nSPS) is 22.3. The molecule has 1 N–H and O–H groups in total. The van der Waals surface area contributed by atoms with Gasteiger partial charge in [0.05, 0.1) is 17.1 Å². The molecular weight excluding hydrogens is 188 g/mol. The molecule has 1 heterocycles. The maximum atomic E-state index is 10.4. The van der Waals surface area contributed by atoms with Crippen molar-refractivity contribution in [1.29, 1.82) is 5.26 Å². The maximum absolute atomic E-state index is 10.4. The van der Waals surface area contributed by atoms with Crippen molar-refractivity contribution in [1.82, 2.24) is 4.90 Å². The minimum Gasteiger partial charge on any atom is -0.388 e. The summed E-state index contributed by atoms with van der Waals surface area (Å²) in [7, 11) is 0. The van der Waals surface area contributed by atoms with Crippen molar-refractivity contribution in [2.24, 2.45) is 5.41 Å². The zero-order valence-corrected chi connectivity index (χ0v) is 10.1. The molecule has 15 heavy (non-hydrogen) atoms. The van der Waals surface area contributed by atoms with Gasteiger partial charge in [-0.2, -0.15) is 5.26 Å². The van der Waals surface area contributed by atoms with E-state index in [4.69, 9.17) is 5.26 Å². The molecule has 1 fully saturated rings. The highest BCUT2D eigenvalue weighted by Crippen LogP contribution is 2.38. The summed E-state index contributed by atoms with van der Waals surface area (Å²) in [5.74, 6) is 0. The number of piperidine rings is 1. The molecule has 0 unspecified atom stereocenters. The Morgan fingerprint density at radius 3 is 2.33 bits per heavy atom. The Morgan fingerprint density at radius 1 is 1.40 bits per heavy atom. The van der Waals surface area contributed by atoms with Crippen LogP contribution in [0.3, 0.4) is 0 Å². The molecule has 0 aromatic carbocycles. The van der Waals surface area contributed by atoms with E-state index in [-0.39, 0.29) is 0 Å². The van der Waals surface area contributed by atoms with Crippen molar-refractivity contribution in [3.63, 3.8) is 0 Å². The minimum atomic E-state index is -0.800. The Hall–Kier alpha value is -0.590. The molecule has 0 saturated carbocycles. The molecule has 0 bridgehead atoms. The van der Waals surface area contributed by atoms with Gasteiger partial charge in [-0.25, -0.2) is 0 Å². The van der Waals surface area contributed by atoms with E-state index in [1.807, 2.05) is 13.8 Å². The van der Waals surface area contributed by atoms with Crippen molar-refractivity contribution >= 4 is 0 Å². The number of hydrogen-bond donors (Lipinski definition) is 1. The van der Waals surface area contributed by atoms with Crippen LogP contribution in [0.15, 0.2) is 0 Å². The first-order valence-corrected chi connectivity index (χ1v) is 5.81. The highest BCUT2D eigenvalue weighted by Gasteiger charge is 2.45. The fourth-order valence-corrected chi connectivity index (χ4v) is 2.19. The predicted octanol–water partition coefficient (Wildman–Crippen LogP) is 1.77. The average molecular weight is 210 g/mol. The van der Waals surface area contributed by atoms with E-state index in [1.165, 1.54) is 0 Å². The van der Waals surface area contributed by atoms with Crippen LogP contribution < -0.4 is 0 Å². The summed E-state index contributed by atoms with van der Waals surface area (Å²) in [6.07, 6.45) is 2.58. The molecule has 86 valence electrons. The number of likely N-dealkylation sites (tertiary alicyclic amines) is 1. The molecule has 0 aromatic heterocycles. The summed E-state index contributed by atoms with van der Waals surface area (Å²) in [6.45, 7) is 8.76. The molecule has 3 heteroatoms. The third-order valence-corrected chi connectivity index (χ3v) is 3.67. The minimum absolute atomic E-state index is 0.634. The first-order valence-electron chi connectivity index (χ1n) is 5.81. The van der Waals surface area contributed by atoms with Gasteiger partial charge in [0.15, 0.2) is 0 Å². The number of rotatable bonds is 3. The van der Waals surface area contributed by atoms with Gasteiger partial charge in [0.25, 0.3) is 0 Å². The standard InChI is InChI=1S/C12H22N2O/c1-4-7-14-8-5-12(15,6-9-14)11(2,3)10-13/h15H,4-9H2,1-3H3. The molecule has 0 spiro atoms. The van der Waals surface area contributed by atoms with Crippen molar-refractivity contribution in [2.45, 2.75) is 45.6 Å². The fraction of sp³-hybridized carbons (Fsp3) is 0.917. The monoisotopic (exact) mass is 210 g/mol. The van der Waals surface area contributed by atoms with E-state index in [9.17, 15) is 5.11 Å². The second kappa shape index (κ2) is 4.51. The van der Waals surface area contributed by atoms with Crippen molar-refractivity contribution in [2.75, 3.05) is 19.6 Å². The first-order chi connectivity index (χ1) is 6.95. The second-order valence-electron chi connectivity index (χ2n) is 5.11. The molecule has 0 aliphatic carbocycles. The van der Waals surface area contributed by atoms with Crippen molar-refractivity contribution < 1.29 is 5.11 Å². The van der Waals surface area contributed by atoms with Gasteiger partial charge in [0.2, 0.25) is 0 Å². The smallest absolute Gasteiger partial charge is 0.0852 e. The van der Waals surface area contributed by atoms with Gasteiger partial charge in [0, 0.05) is 13.1 Å². The molecule has 0 radical (unpaired) electrons. The number of nitriles is 1. The fourth-order valence-electron chi connectivity index (χ4n) is 2.19. The van der Waals surface area contributed by atoms with Crippen LogP contribution in [0.1, 0.15) is 40.0 Å². The molecule has 1 rings (SSSR count). The summed E-state index contributed by atoms with van der Waals surface area (Å²) in [6, 6.07) is 2.23. The van der Waals surface area contributed by atoms with Gasteiger partial charge in [0.1, 0.15) is 0 Å². The molecule has 0 amide bonds. The third kappa shape index (κ3) is 2.50.